The predicted molar refractivity (Wildman–Crippen MR) is 124 cm³/mol. The molecule has 0 atom stereocenters. The number of carbonyl (C=O) groups excluding carboxylic acids is 1. The van der Waals surface area contributed by atoms with Gasteiger partial charge in [0.15, 0.2) is 0 Å². The van der Waals surface area contributed by atoms with Crippen LogP contribution < -0.4 is 10.9 Å². The summed E-state index contributed by atoms with van der Waals surface area (Å²) < 4.78 is 12.2. The van der Waals surface area contributed by atoms with Gasteiger partial charge in [0.05, 0.1) is 43.4 Å². The third-order valence-corrected chi connectivity index (χ3v) is 5.90. The summed E-state index contributed by atoms with van der Waals surface area (Å²) in [5.41, 5.74) is 1.33. The Morgan fingerprint density at radius 2 is 2.13 bits per heavy atom. The number of pyridine rings is 1. The van der Waals surface area contributed by atoms with E-state index in [2.05, 4.69) is 10.3 Å². The highest BCUT2D eigenvalue weighted by Crippen LogP contribution is 2.32. The minimum Gasteiger partial charge on any atom is -0.394 e. The van der Waals surface area contributed by atoms with Crippen LogP contribution in [0.3, 0.4) is 0 Å². The minimum atomic E-state index is -0.297. The number of anilines is 1. The Kier molecular flexibility index (Phi) is 8.15. The van der Waals surface area contributed by atoms with Crippen molar-refractivity contribution in [3.63, 3.8) is 0 Å². The van der Waals surface area contributed by atoms with Gasteiger partial charge in [-0.05, 0) is 24.6 Å². The number of aliphatic hydroxyl groups is 1. The van der Waals surface area contributed by atoms with Gasteiger partial charge >= 0.3 is 0 Å². The van der Waals surface area contributed by atoms with Gasteiger partial charge in [-0.25, -0.2) is 4.98 Å². The third-order valence-electron chi connectivity index (χ3n) is 4.53. The van der Waals surface area contributed by atoms with E-state index in [1.807, 2.05) is 13.0 Å². The van der Waals surface area contributed by atoms with E-state index in [1.54, 1.807) is 19.4 Å². The van der Waals surface area contributed by atoms with Crippen molar-refractivity contribution < 1.29 is 19.4 Å². The predicted octanol–water partition coefficient (Wildman–Crippen LogP) is 1.27. The molecule has 2 aromatic rings. The highest BCUT2D eigenvalue weighted by molar-refractivity contribution is 8.26. The largest absolute Gasteiger partial charge is 0.394 e. The molecule has 1 amide bonds. The van der Waals surface area contributed by atoms with Crippen LogP contribution in [0.1, 0.15) is 11.1 Å². The lowest BCUT2D eigenvalue weighted by Crippen LogP contribution is -2.31. The minimum absolute atomic E-state index is 0.0646. The van der Waals surface area contributed by atoms with Crippen LogP contribution in [0.15, 0.2) is 28.0 Å². The lowest BCUT2D eigenvalue weighted by atomic mass is 10.2. The van der Waals surface area contributed by atoms with Crippen LogP contribution in [0.25, 0.3) is 11.7 Å². The summed E-state index contributed by atoms with van der Waals surface area (Å²) in [6.07, 6.45) is 3.18. The molecule has 0 spiro atoms. The SMILES string of the molecule is COCCN1C(=O)/C(=C/c2c(NCCOCCO)nc3c(C)cccn3c2=O)SC1=S. The molecule has 0 saturated carbocycles. The van der Waals surface area contributed by atoms with Crippen LogP contribution >= 0.6 is 24.0 Å². The summed E-state index contributed by atoms with van der Waals surface area (Å²) in [4.78, 5) is 32.5. The quantitative estimate of drug-likeness (QED) is 0.305. The standard InChI is InChI=1S/C20H24N4O5S2/c1-13-4-3-6-23-17(13)22-16(21-5-9-29-11-8-25)14(18(23)26)12-15-19(27)24(7-10-28-2)20(30)31-15/h3-4,6,12,21,25H,5,7-11H2,1-2H3/b15-12-. The number of nitrogens with zero attached hydrogens (tertiary/aromatic N) is 3. The normalized spacial score (nSPS) is 15.5. The first-order valence-corrected chi connectivity index (χ1v) is 10.9. The number of hydrogen-bond donors (Lipinski definition) is 2. The number of ether oxygens (including phenoxy) is 2. The summed E-state index contributed by atoms with van der Waals surface area (Å²) in [6, 6.07) is 3.64. The maximum absolute atomic E-state index is 13.3. The molecule has 3 rings (SSSR count). The van der Waals surface area contributed by atoms with Gasteiger partial charge in [0.25, 0.3) is 11.5 Å². The molecular weight excluding hydrogens is 440 g/mol. The fraction of sp³-hybridized carbons (Fsp3) is 0.400. The van der Waals surface area contributed by atoms with Gasteiger partial charge in [-0.1, -0.05) is 30.0 Å². The summed E-state index contributed by atoms with van der Waals surface area (Å²) in [5.74, 6) is 0.0899. The van der Waals surface area contributed by atoms with Crippen molar-refractivity contribution in [1.29, 1.82) is 0 Å². The number of aromatic nitrogens is 2. The Bertz CT molecular complexity index is 1070. The van der Waals surface area contributed by atoms with Crippen molar-refractivity contribution in [1.82, 2.24) is 14.3 Å². The monoisotopic (exact) mass is 464 g/mol. The first-order valence-electron chi connectivity index (χ1n) is 9.66. The van der Waals surface area contributed by atoms with Crippen LogP contribution in [-0.2, 0) is 14.3 Å². The van der Waals surface area contributed by atoms with E-state index < -0.39 is 0 Å². The van der Waals surface area contributed by atoms with E-state index >= 15 is 0 Å². The lowest BCUT2D eigenvalue weighted by Gasteiger charge is -2.13. The highest BCUT2D eigenvalue weighted by atomic mass is 32.2. The zero-order chi connectivity index (χ0) is 22.4. The molecule has 0 radical (unpaired) electrons. The molecule has 2 aromatic heterocycles. The Labute approximate surface area is 189 Å². The summed E-state index contributed by atoms with van der Waals surface area (Å²) in [7, 11) is 1.55. The average Bonchev–Trinajstić information content (AvgIpc) is 3.02. The number of aliphatic hydroxyl groups excluding tert-OH is 1. The molecule has 1 fully saturated rings. The molecule has 0 bridgehead atoms. The van der Waals surface area contributed by atoms with Crippen molar-refractivity contribution >= 4 is 51.7 Å². The lowest BCUT2D eigenvalue weighted by molar-refractivity contribution is -0.122. The topological polar surface area (TPSA) is 105 Å². The number of thioether (sulfide) groups is 1. The van der Waals surface area contributed by atoms with E-state index in [0.717, 1.165) is 17.3 Å². The number of methoxy groups -OCH3 is 1. The fourth-order valence-electron chi connectivity index (χ4n) is 2.99. The van der Waals surface area contributed by atoms with Crippen LogP contribution in [0.4, 0.5) is 5.82 Å². The van der Waals surface area contributed by atoms with Crippen molar-refractivity contribution in [3.8, 4) is 0 Å². The van der Waals surface area contributed by atoms with Crippen LogP contribution in [0.2, 0.25) is 0 Å². The van der Waals surface area contributed by atoms with Gasteiger partial charge in [-0.3, -0.25) is 18.9 Å². The van der Waals surface area contributed by atoms with E-state index in [1.165, 1.54) is 15.4 Å². The first-order chi connectivity index (χ1) is 15.0. The first kappa shape index (κ1) is 23.4. The third kappa shape index (κ3) is 5.31. The molecule has 166 valence electrons. The van der Waals surface area contributed by atoms with Crippen molar-refractivity contribution in [2.75, 3.05) is 51.9 Å². The molecule has 11 heteroatoms. The van der Waals surface area contributed by atoms with E-state index in [4.69, 9.17) is 26.8 Å². The van der Waals surface area contributed by atoms with Gasteiger partial charge in [0.1, 0.15) is 15.8 Å². The van der Waals surface area contributed by atoms with Gasteiger partial charge in [0.2, 0.25) is 0 Å². The average molecular weight is 465 g/mol. The molecule has 1 aliphatic heterocycles. The molecule has 0 aromatic carbocycles. The van der Waals surface area contributed by atoms with Crippen molar-refractivity contribution in [2.24, 2.45) is 0 Å². The Hall–Kier alpha value is -2.31. The van der Waals surface area contributed by atoms with Gasteiger partial charge in [-0.15, -0.1) is 0 Å². The molecule has 9 nitrogen and oxygen atoms in total. The van der Waals surface area contributed by atoms with E-state index in [-0.39, 0.29) is 30.2 Å². The summed E-state index contributed by atoms with van der Waals surface area (Å²) in [5, 5.41) is 11.9. The van der Waals surface area contributed by atoms with Gasteiger partial charge < -0.3 is 19.9 Å². The molecule has 3 heterocycles. The number of rotatable bonds is 10. The zero-order valence-electron chi connectivity index (χ0n) is 17.3. The number of thiocarbonyl (C=S) groups is 1. The van der Waals surface area contributed by atoms with Gasteiger partial charge in [-0.2, -0.15) is 0 Å². The number of aryl methyl sites for hydroxylation is 1. The number of nitrogens with one attached hydrogen (secondary N) is 1. The molecule has 0 aliphatic carbocycles. The fourth-order valence-corrected chi connectivity index (χ4v) is 4.28. The Morgan fingerprint density at radius 1 is 1.32 bits per heavy atom. The zero-order valence-corrected chi connectivity index (χ0v) is 18.9. The van der Waals surface area contributed by atoms with Crippen molar-refractivity contribution in [2.45, 2.75) is 6.92 Å². The number of fused-ring (bicyclic) bond motifs is 1. The van der Waals surface area contributed by atoms with Crippen LogP contribution in [0.5, 0.6) is 0 Å². The maximum Gasteiger partial charge on any atom is 0.267 e. The maximum atomic E-state index is 13.3. The molecule has 1 saturated heterocycles. The Balaban J connectivity index is 1.99. The summed E-state index contributed by atoms with van der Waals surface area (Å²) >= 11 is 6.46. The van der Waals surface area contributed by atoms with Crippen LogP contribution in [-0.4, -0.2) is 76.2 Å². The molecule has 31 heavy (non-hydrogen) atoms. The second-order valence-electron chi connectivity index (χ2n) is 6.65. The van der Waals surface area contributed by atoms with E-state index in [0.29, 0.717) is 47.0 Å². The molecular formula is C20H24N4O5S2. The second kappa shape index (κ2) is 10.8. The number of hydrogen-bond acceptors (Lipinski definition) is 9. The van der Waals surface area contributed by atoms with Crippen LogP contribution in [0, 0.1) is 6.92 Å². The molecule has 0 unspecified atom stereocenters. The smallest absolute Gasteiger partial charge is 0.267 e. The summed E-state index contributed by atoms with van der Waals surface area (Å²) in [6.45, 7) is 3.45. The second-order valence-corrected chi connectivity index (χ2v) is 8.33. The number of carbonyl (C=O) groups is 1. The van der Waals surface area contributed by atoms with Gasteiger partial charge in [0, 0.05) is 19.9 Å². The molecule has 1 aliphatic rings. The highest BCUT2D eigenvalue weighted by Gasteiger charge is 2.32. The molecule has 2 N–H and O–H groups in total. The number of amides is 1. The Morgan fingerprint density at radius 3 is 2.87 bits per heavy atom. The van der Waals surface area contributed by atoms with E-state index in [9.17, 15) is 9.59 Å². The van der Waals surface area contributed by atoms with Crippen molar-refractivity contribution in [3.05, 3.63) is 44.7 Å².